The molecular weight excluding hydrogens is 194 g/mol. The van der Waals surface area contributed by atoms with Crippen LogP contribution in [0.4, 0.5) is 0 Å². The van der Waals surface area contributed by atoms with Crippen LogP contribution >= 0.6 is 0 Å². The Morgan fingerprint density at radius 2 is 1.31 bits per heavy atom. The molecule has 0 spiro atoms. The first-order valence-electron chi connectivity index (χ1n) is 6.81. The van der Waals surface area contributed by atoms with Gasteiger partial charge in [0.1, 0.15) is 0 Å². The highest BCUT2D eigenvalue weighted by molar-refractivity contribution is 5.11. The second kappa shape index (κ2) is 8.32. The molecule has 90 valence electrons. The molecule has 16 heavy (non-hydrogen) atoms. The standard InChI is InChI=1S/C15H25N/c1-3-5-7-10-14-12-9-13-15(16-14)11-8-6-4-2/h9,12-13H,3-8,10-11H2,1-2H3. The summed E-state index contributed by atoms with van der Waals surface area (Å²) in [6.07, 6.45) is 10.1. The Morgan fingerprint density at radius 1 is 0.812 bits per heavy atom. The Hall–Kier alpha value is -0.850. The smallest absolute Gasteiger partial charge is 0.0406 e. The molecule has 0 aromatic carbocycles. The third kappa shape index (κ3) is 5.29. The maximum absolute atomic E-state index is 4.72. The van der Waals surface area contributed by atoms with E-state index in [4.69, 9.17) is 4.98 Å². The quantitative estimate of drug-likeness (QED) is 0.585. The highest BCUT2D eigenvalue weighted by Crippen LogP contribution is 2.08. The molecule has 0 amide bonds. The summed E-state index contributed by atoms with van der Waals surface area (Å²) in [5, 5.41) is 0. The number of nitrogens with zero attached hydrogens (tertiary/aromatic N) is 1. The van der Waals surface area contributed by atoms with Gasteiger partial charge < -0.3 is 0 Å². The maximum Gasteiger partial charge on any atom is 0.0406 e. The lowest BCUT2D eigenvalue weighted by Gasteiger charge is -2.04. The van der Waals surface area contributed by atoms with Crippen LogP contribution < -0.4 is 0 Å². The predicted molar refractivity (Wildman–Crippen MR) is 70.7 cm³/mol. The number of hydrogen-bond donors (Lipinski definition) is 0. The lowest BCUT2D eigenvalue weighted by molar-refractivity contribution is 0.688. The molecule has 0 atom stereocenters. The zero-order chi connectivity index (χ0) is 11.6. The van der Waals surface area contributed by atoms with E-state index in [2.05, 4.69) is 32.0 Å². The first-order chi connectivity index (χ1) is 7.86. The molecule has 1 heterocycles. The number of rotatable bonds is 8. The normalized spacial score (nSPS) is 10.6. The van der Waals surface area contributed by atoms with Crippen molar-refractivity contribution in [1.82, 2.24) is 4.98 Å². The highest BCUT2D eigenvalue weighted by atomic mass is 14.7. The molecule has 0 radical (unpaired) electrons. The van der Waals surface area contributed by atoms with Crippen molar-refractivity contribution >= 4 is 0 Å². The van der Waals surface area contributed by atoms with E-state index in [0.717, 1.165) is 12.8 Å². The molecule has 0 N–H and O–H groups in total. The highest BCUT2D eigenvalue weighted by Gasteiger charge is 1.98. The van der Waals surface area contributed by atoms with E-state index in [0.29, 0.717) is 0 Å². The number of hydrogen-bond acceptors (Lipinski definition) is 1. The van der Waals surface area contributed by atoms with E-state index >= 15 is 0 Å². The Kier molecular flexibility index (Phi) is 6.87. The van der Waals surface area contributed by atoms with E-state index in [9.17, 15) is 0 Å². The van der Waals surface area contributed by atoms with Crippen molar-refractivity contribution in [2.75, 3.05) is 0 Å². The van der Waals surface area contributed by atoms with Gasteiger partial charge in [-0.05, 0) is 37.8 Å². The summed E-state index contributed by atoms with van der Waals surface area (Å²) in [4.78, 5) is 4.72. The second-order valence-electron chi connectivity index (χ2n) is 4.53. The zero-order valence-electron chi connectivity index (χ0n) is 10.8. The zero-order valence-corrected chi connectivity index (χ0v) is 10.8. The van der Waals surface area contributed by atoms with Gasteiger partial charge >= 0.3 is 0 Å². The van der Waals surface area contributed by atoms with Gasteiger partial charge in [0.05, 0.1) is 0 Å². The van der Waals surface area contributed by atoms with Crippen LogP contribution in [-0.2, 0) is 12.8 Å². The molecule has 0 unspecified atom stereocenters. The lowest BCUT2D eigenvalue weighted by atomic mass is 10.1. The number of pyridine rings is 1. The first-order valence-corrected chi connectivity index (χ1v) is 6.81. The van der Waals surface area contributed by atoms with E-state index < -0.39 is 0 Å². The minimum atomic E-state index is 1.15. The molecule has 1 nitrogen and oxygen atoms in total. The summed E-state index contributed by atoms with van der Waals surface area (Å²) in [5.74, 6) is 0. The summed E-state index contributed by atoms with van der Waals surface area (Å²) in [6, 6.07) is 6.49. The first kappa shape index (κ1) is 13.2. The van der Waals surface area contributed by atoms with Gasteiger partial charge in [-0.15, -0.1) is 0 Å². The molecule has 0 aliphatic rings. The Labute approximate surface area is 100 Å². The van der Waals surface area contributed by atoms with Crippen LogP contribution in [0.2, 0.25) is 0 Å². The van der Waals surface area contributed by atoms with Crippen molar-refractivity contribution in [2.45, 2.75) is 65.2 Å². The summed E-state index contributed by atoms with van der Waals surface area (Å²) in [6.45, 7) is 4.49. The van der Waals surface area contributed by atoms with Crippen LogP contribution in [0.15, 0.2) is 18.2 Å². The average Bonchev–Trinajstić information content (AvgIpc) is 2.30. The lowest BCUT2D eigenvalue weighted by Crippen LogP contribution is -1.96. The fourth-order valence-electron chi connectivity index (χ4n) is 1.92. The van der Waals surface area contributed by atoms with Crippen LogP contribution in [0, 0.1) is 0 Å². The second-order valence-corrected chi connectivity index (χ2v) is 4.53. The monoisotopic (exact) mass is 219 g/mol. The number of aryl methyl sites for hydroxylation is 2. The van der Waals surface area contributed by atoms with E-state index in [1.54, 1.807) is 0 Å². The molecular formula is C15H25N. The number of aromatic nitrogens is 1. The number of unbranched alkanes of at least 4 members (excludes halogenated alkanes) is 4. The predicted octanol–water partition coefficient (Wildman–Crippen LogP) is 4.55. The molecule has 1 rings (SSSR count). The van der Waals surface area contributed by atoms with Crippen molar-refractivity contribution < 1.29 is 0 Å². The van der Waals surface area contributed by atoms with E-state index in [1.165, 1.54) is 49.9 Å². The third-order valence-corrected chi connectivity index (χ3v) is 2.94. The van der Waals surface area contributed by atoms with Gasteiger partial charge in [-0.3, -0.25) is 4.98 Å². The third-order valence-electron chi connectivity index (χ3n) is 2.94. The molecule has 1 aromatic heterocycles. The van der Waals surface area contributed by atoms with Crippen LogP contribution in [0.5, 0.6) is 0 Å². The Balaban J connectivity index is 2.37. The molecule has 0 aliphatic heterocycles. The summed E-state index contributed by atoms with van der Waals surface area (Å²) >= 11 is 0. The molecule has 0 aliphatic carbocycles. The SMILES string of the molecule is CCCCCc1cccc(CCCCC)n1. The van der Waals surface area contributed by atoms with E-state index in [-0.39, 0.29) is 0 Å². The van der Waals surface area contributed by atoms with Crippen molar-refractivity contribution in [3.05, 3.63) is 29.6 Å². The molecule has 1 heteroatoms. The fraction of sp³-hybridized carbons (Fsp3) is 0.667. The maximum atomic E-state index is 4.72. The van der Waals surface area contributed by atoms with Crippen molar-refractivity contribution in [3.8, 4) is 0 Å². The largest absolute Gasteiger partial charge is 0.258 e. The summed E-state index contributed by atoms with van der Waals surface area (Å²) in [7, 11) is 0. The Morgan fingerprint density at radius 3 is 1.75 bits per heavy atom. The topological polar surface area (TPSA) is 12.9 Å². The van der Waals surface area contributed by atoms with E-state index in [1.807, 2.05) is 0 Å². The van der Waals surface area contributed by atoms with Gasteiger partial charge in [-0.1, -0.05) is 45.6 Å². The van der Waals surface area contributed by atoms with Crippen LogP contribution in [0.25, 0.3) is 0 Å². The van der Waals surface area contributed by atoms with Crippen LogP contribution in [0.3, 0.4) is 0 Å². The van der Waals surface area contributed by atoms with Crippen molar-refractivity contribution in [3.63, 3.8) is 0 Å². The average molecular weight is 219 g/mol. The minimum absolute atomic E-state index is 1.15. The minimum Gasteiger partial charge on any atom is -0.258 e. The Bertz CT molecular complexity index is 255. The van der Waals surface area contributed by atoms with Gasteiger partial charge in [-0.25, -0.2) is 0 Å². The van der Waals surface area contributed by atoms with Crippen LogP contribution in [0.1, 0.15) is 63.8 Å². The van der Waals surface area contributed by atoms with Gasteiger partial charge in [0.25, 0.3) is 0 Å². The summed E-state index contributed by atoms with van der Waals surface area (Å²) < 4.78 is 0. The van der Waals surface area contributed by atoms with Crippen molar-refractivity contribution in [2.24, 2.45) is 0 Å². The summed E-state index contributed by atoms with van der Waals surface area (Å²) in [5.41, 5.74) is 2.56. The molecule has 1 aromatic rings. The van der Waals surface area contributed by atoms with Gasteiger partial charge in [0, 0.05) is 11.4 Å². The van der Waals surface area contributed by atoms with Gasteiger partial charge in [-0.2, -0.15) is 0 Å². The van der Waals surface area contributed by atoms with Gasteiger partial charge in [0.15, 0.2) is 0 Å². The molecule has 0 saturated heterocycles. The fourth-order valence-corrected chi connectivity index (χ4v) is 1.92. The van der Waals surface area contributed by atoms with Crippen molar-refractivity contribution in [1.29, 1.82) is 0 Å². The van der Waals surface area contributed by atoms with Crippen LogP contribution in [-0.4, -0.2) is 4.98 Å². The molecule has 0 saturated carbocycles. The molecule has 0 bridgehead atoms. The van der Waals surface area contributed by atoms with Gasteiger partial charge in [0.2, 0.25) is 0 Å². The molecule has 0 fully saturated rings.